The molecule has 2 atom stereocenters. The van der Waals surface area contributed by atoms with Crippen LogP contribution in [-0.4, -0.2) is 68.3 Å². The molecule has 0 radical (unpaired) electrons. The molecule has 1 aliphatic carbocycles. The van der Waals surface area contributed by atoms with E-state index in [-0.39, 0.29) is 18.1 Å². The largest absolute Gasteiger partial charge is 0.393 e. The number of fused-ring (bicyclic) bond motifs is 1. The van der Waals surface area contributed by atoms with Crippen LogP contribution in [-0.2, 0) is 4.79 Å². The molecule has 1 amide bonds. The first-order valence-electron chi connectivity index (χ1n) is 13.9. The van der Waals surface area contributed by atoms with Crippen LogP contribution in [0.15, 0.2) is 12.4 Å². The molecule has 2 aromatic rings. The molecule has 3 N–H and O–H groups in total. The number of piperidine rings is 1. The SMILES string of the molecule is CCCC(C)Nc1ncc2c(C3CCN(C(=O)C4CCCN4)CC3)cn(C3CCC(O)CC3)c2n1. The molecule has 5 rings (SSSR count). The van der Waals surface area contributed by atoms with E-state index in [1.54, 1.807) is 0 Å². The number of nitrogens with one attached hydrogen (secondary N) is 2. The molecule has 0 bridgehead atoms. The molecule has 35 heavy (non-hydrogen) atoms. The van der Waals surface area contributed by atoms with E-state index in [9.17, 15) is 9.90 Å². The molecule has 1 saturated carbocycles. The molecule has 3 fully saturated rings. The highest BCUT2D eigenvalue weighted by Crippen LogP contribution is 2.38. The Morgan fingerprint density at radius 1 is 1.20 bits per heavy atom. The molecule has 2 aromatic heterocycles. The molecule has 3 aliphatic rings. The summed E-state index contributed by atoms with van der Waals surface area (Å²) >= 11 is 0. The minimum Gasteiger partial charge on any atom is -0.393 e. The van der Waals surface area contributed by atoms with Crippen molar-refractivity contribution in [2.24, 2.45) is 0 Å². The summed E-state index contributed by atoms with van der Waals surface area (Å²) in [7, 11) is 0. The molecular formula is C27H42N6O2. The maximum Gasteiger partial charge on any atom is 0.239 e. The maximum absolute atomic E-state index is 12.9. The number of aliphatic hydroxyl groups is 1. The Hall–Kier alpha value is -2.19. The van der Waals surface area contributed by atoms with E-state index < -0.39 is 0 Å². The van der Waals surface area contributed by atoms with E-state index in [4.69, 9.17) is 9.97 Å². The van der Waals surface area contributed by atoms with Crippen LogP contribution in [0, 0.1) is 0 Å². The highest BCUT2D eigenvalue weighted by atomic mass is 16.3. The van der Waals surface area contributed by atoms with Gasteiger partial charge in [-0.2, -0.15) is 4.98 Å². The van der Waals surface area contributed by atoms with Crippen molar-refractivity contribution in [3.05, 3.63) is 18.0 Å². The fourth-order valence-corrected chi connectivity index (χ4v) is 6.32. The fourth-order valence-electron chi connectivity index (χ4n) is 6.32. The lowest BCUT2D eigenvalue weighted by molar-refractivity contribution is -0.134. The summed E-state index contributed by atoms with van der Waals surface area (Å²) in [4.78, 5) is 24.7. The number of amides is 1. The quantitative estimate of drug-likeness (QED) is 0.553. The summed E-state index contributed by atoms with van der Waals surface area (Å²) in [5, 5.41) is 18.0. The molecule has 2 saturated heterocycles. The van der Waals surface area contributed by atoms with Gasteiger partial charge in [-0.3, -0.25) is 4.79 Å². The van der Waals surface area contributed by atoms with Crippen molar-refractivity contribution in [1.82, 2.24) is 24.8 Å². The average Bonchev–Trinajstić information content (AvgIpc) is 3.53. The minimum atomic E-state index is -0.175. The Kier molecular flexibility index (Phi) is 7.58. The summed E-state index contributed by atoms with van der Waals surface area (Å²) in [5.74, 6) is 1.39. The molecule has 192 valence electrons. The van der Waals surface area contributed by atoms with E-state index >= 15 is 0 Å². The van der Waals surface area contributed by atoms with Crippen molar-refractivity contribution in [3.63, 3.8) is 0 Å². The summed E-state index contributed by atoms with van der Waals surface area (Å²) in [6.45, 7) is 6.97. The van der Waals surface area contributed by atoms with Crippen LogP contribution < -0.4 is 10.6 Å². The van der Waals surface area contributed by atoms with Crippen molar-refractivity contribution in [2.45, 2.75) is 108 Å². The number of nitrogens with zero attached hydrogens (tertiary/aromatic N) is 4. The number of likely N-dealkylation sites (tertiary alicyclic amines) is 1. The van der Waals surface area contributed by atoms with Gasteiger partial charge in [0.05, 0.1) is 12.1 Å². The predicted molar refractivity (Wildman–Crippen MR) is 139 cm³/mol. The highest BCUT2D eigenvalue weighted by molar-refractivity contribution is 5.83. The van der Waals surface area contributed by atoms with Crippen LogP contribution in [0.3, 0.4) is 0 Å². The number of hydrogen-bond donors (Lipinski definition) is 3. The van der Waals surface area contributed by atoms with Gasteiger partial charge in [0.1, 0.15) is 5.65 Å². The highest BCUT2D eigenvalue weighted by Gasteiger charge is 2.32. The van der Waals surface area contributed by atoms with E-state index in [0.29, 0.717) is 23.9 Å². The smallest absolute Gasteiger partial charge is 0.239 e. The summed E-state index contributed by atoms with van der Waals surface area (Å²) in [6.07, 6.45) is 14.0. The number of carbonyl (C=O) groups is 1. The zero-order valence-electron chi connectivity index (χ0n) is 21.4. The second kappa shape index (κ2) is 10.8. The Bertz CT molecular complexity index is 1000. The Morgan fingerprint density at radius 3 is 2.66 bits per heavy atom. The molecule has 2 unspecified atom stereocenters. The number of aliphatic hydroxyl groups excluding tert-OH is 1. The Labute approximate surface area is 208 Å². The van der Waals surface area contributed by atoms with Crippen LogP contribution in [0.1, 0.15) is 95.6 Å². The lowest BCUT2D eigenvalue weighted by Crippen LogP contribution is -2.46. The molecule has 0 spiro atoms. The van der Waals surface area contributed by atoms with Gasteiger partial charge >= 0.3 is 0 Å². The lowest BCUT2D eigenvalue weighted by atomic mass is 9.89. The van der Waals surface area contributed by atoms with E-state index in [1.165, 1.54) is 5.56 Å². The lowest BCUT2D eigenvalue weighted by Gasteiger charge is -2.33. The van der Waals surface area contributed by atoms with Gasteiger partial charge < -0.3 is 25.2 Å². The van der Waals surface area contributed by atoms with Crippen molar-refractivity contribution in [1.29, 1.82) is 0 Å². The summed E-state index contributed by atoms with van der Waals surface area (Å²) in [6, 6.07) is 0.714. The first kappa shape index (κ1) is 24.5. The first-order valence-corrected chi connectivity index (χ1v) is 13.9. The van der Waals surface area contributed by atoms with Gasteiger partial charge in [-0.15, -0.1) is 0 Å². The average molecular weight is 483 g/mol. The van der Waals surface area contributed by atoms with Crippen LogP contribution in [0.2, 0.25) is 0 Å². The molecule has 8 nitrogen and oxygen atoms in total. The number of carbonyl (C=O) groups excluding carboxylic acids is 1. The molecular weight excluding hydrogens is 440 g/mol. The standard InChI is InChI=1S/C27H42N6O2/c1-3-5-18(2)30-27-29-16-22-23(17-33(25(22)31-27)20-7-9-21(34)10-8-20)19-11-14-32(15-12-19)26(35)24-6-4-13-28-24/h16-21,24,28,34H,3-15H2,1-2H3,(H,29,30,31). The third kappa shape index (κ3) is 5.33. The van der Waals surface area contributed by atoms with Gasteiger partial charge in [-0.1, -0.05) is 13.3 Å². The van der Waals surface area contributed by atoms with E-state index in [1.807, 2.05) is 6.20 Å². The van der Waals surface area contributed by atoms with Gasteiger partial charge in [0.15, 0.2) is 0 Å². The fraction of sp³-hybridized carbons (Fsp3) is 0.741. The van der Waals surface area contributed by atoms with Crippen molar-refractivity contribution >= 4 is 22.9 Å². The number of rotatable bonds is 7. The second-order valence-electron chi connectivity index (χ2n) is 11.0. The third-order valence-electron chi connectivity index (χ3n) is 8.36. The van der Waals surface area contributed by atoms with Crippen molar-refractivity contribution in [3.8, 4) is 0 Å². The number of hydrogen-bond acceptors (Lipinski definition) is 6. The van der Waals surface area contributed by atoms with E-state index in [2.05, 4.69) is 40.1 Å². The summed E-state index contributed by atoms with van der Waals surface area (Å²) < 4.78 is 2.37. The Morgan fingerprint density at radius 2 is 1.97 bits per heavy atom. The topological polar surface area (TPSA) is 95.3 Å². The van der Waals surface area contributed by atoms with Gasteiger partial charge in [0.2, 0.25) is 11.9 Å². The van der Waals surface area contributed by atoms with Crippen LogP contribution in [0.4, 0.5) is 5.95 Å². The molecule has 4 heterocycles. The number of anilines is 1. The van der Waals surface area contributed by atoms with Crippen molar-refractivity contribution < 1.29 is 9.90 Å². The van der Waals surface area contributed by atoms with Gasteiger partial charge in [-0.25, -0.2) is 4.98 Å². The van der Waals surface area contributed by atoms with Gasteiger partial charge in [-0.05, 0) is 82.7 Å². The zero-order valence-corrected chi connectivity index (χ0v) is 21.4. The van der Waals surface area contributed by atoms with Gasteiger partial charge in [0.25, 0.3) is 0 Å². The molecule has 0 aromatic carbocycles. The maximum atomic E-state index is 12.9. The van der Waals surface area contributed by atoms with E-state index in [0.717, 1.165) is 94.9 Å². The number of aromatic nitrogens is 3. The summed E-state index contributed by atoms with van der Waals surface area (Å²) in [5.41, 5.74) is 2.33. The zero-order chi connectivity index (χ0) is 24.4. The minimum absolute atomic E-state index is 0.0181. The van der Waals surface area contributed by atoms with Crippen LogP contribution >= 0.6 is 0 Å². The first-order chi connectivity index (χ1) is 17.0. The van der Waals surface area contributed by atoms with Crippen molar-refractivity contribution in [2.75, 3.05) is 25.0 Å². The molecule has 2 aliphatic heterocycles. The monoisotopic (exact) mass is 482 g/mol. The van der Waals surface area contributed by atoms with Gasteiger partial charge in [0, 0.05) is 43.0 Å². The normalized spacial score (nSPS) is 26.8. The van der Waals surface area contributed by atoms with Crippen LogP contribution in [0.5, 0.6) is 0 Å². The third-order valence-corrected chi connectivity index (χ3v) is 8.36. The molecule has 8 heteroatoms. The predicted octanol–water partition coefficient (Wildman–Crippen LogP) is 3.97. The second-order valence-corrected chi connectivity index (χ2v) is 11.0. The Balaban J connectivity index is 1.38. The van der Waals surface area contributed by atoms with Crippen LogP contribution in [0.25, 0.3) is 11.0 Å².